The molecule has 1 aliphatic heterocycles. The Bertz CT molecular complexity index is 326. The summed E-state index contributed by atoms with van der Waals surface area (Å²) >= 11 is 0. The van der Waals surface area contributed by atoms with Crippen LogP contribution in [0.1, 0.15) is 6.92 Å². The van der Waals surface area contributed by atoms with Gasteiger partial charge in [0, 0.05) is 25.7 Å². The molecule has 4 heteroatoms. The van der Waals surface area contributed by atoms with E-state index in [9.17, 15) is 4.79 Å². The van der Waals surface area contributed by atoms with Crippen molar-refractivity contribution in [1.82, 2.24) is 4.90 Å². The maximum absolute atomic E-state index is 10.8. The van der Waals surface area contributed by atoms with Crippen molar-refractivity contribution < 1.29 is 9.53 Å². The van der Waals surface area contributed by atoms with Gasteiger partial charge in [-0.15, -0.1) is 0 Å². The Balaban J connectivity index is 2.47. The predicted octanol–water partition coefficient (Wildman–Crippen LogP) is 0.820. The molecular weight excluding hydrogens is 204 g/mol. The van der Waals surface area contributed by atoms with Crippen LogP contribution < -0.4 is 5.73 Å². The number of carbonyl (C=O) groups excluding carboxylic acids is 1. The third kappa shape index (κ3) is 3.90. The van der Waals surface area contributed by atoms with Crippen molar-refractivity contribution in [3.63, 3.8) is 0 Å². The molecule has 0 saturated carbocycles. The Morgan fingerprint density at radius 3 is 2.62 bits per heavy atom. The smallest absolute Gasteiger partial charge is 0.175 e. The van der Waals surface area contributed by atoms with Gasteiger partial charge in [-0.25, -0.2) is 0 Å². The van der Waals surface area contributed by atoms with Gasteiger partial charge in [-0.05, 0) is 12.2 Å². The van der Waals surface area contributed by atoms with Crippen LogP contribution in [0, 0.1) is 0 Å². The summed E-state index contributed by atoms with van der Waals surface area (Å²) in [6, 6.07) is 0. The van der Waals surface area contributed by atoms with Gasteiger partial charge >= 0.3 is 0 Å². The second-order valence-corrected chi connectivity index (χ2v) is 3.63. The van der Waals surface area contributed by atoms with Gasteiger partial charge < -0.3 is 15.4 Å². The molecule has 1 saturated heterocycles. The van der Waals surface area contributed by atoms with E-state index in [0.717, 1.165) is 32.0 Å². The fourth-order valence-electron chi connectivity index (χ4n) is 1.34. The quantitative estimate of drug-likeness (QED) is 0.565. The second-order valence-electron chi connectivity index (χ2n) is 3.63. The minimum Gasteiger partial charge on any atom is -0.396 e. The van der Waals surface area contributed by atoms with E-state index < -0.39 is 0 Å². The zero-order valence-electron chi connectivity index (χ0n) is 9.61. The molecule has 0 bridgehead atoms. The van der Waals surface area contributed by atoms with Crippen molar-refractivity contribution >= 4 is 5.78 Å². The molecule has 1 heterocycles. The van der Waals surface area contributed by atoms with Crippen molar-refractivity contribution in [1.29, 1.82) is 0 Å². The average molecular weight is 222 g/mol. The van der Waals surface area contributed by atoms with E-state index in [4.69, 9.17) is 10.5 Å². The topological polar surface area (TPSA) is 55.6 Å². The highest BCUT2D eigenvalue weighted by molar-refractivity contribution is 5.92. The molecule has 4 nitrogen and oxygen atoms in total. The third-order valence-corrected chi connectivity index (χ3v) is 2.39. The fourth-order valence-corrected chi connectivity index (χ4v) is 1.34. The molecule has 0 atom stereocenters. The average Bonchev–Trinajstić information content (AvgIpc) is 2.29. The zero-order valence-corrected chi connectivity index (χ0v) is 9.61. The number of nitrogens with two attached hydrogens (primary N) is 1. The first-order valence-corrected chi connectivity index (χ1v) is 5.27. The lowest BCUT2D eigenvalue weighted by molar-refractivity contribution is -0.113. The van der Waals surface area contributed by atoms with Gasteiger partial charge in [-0.3, -0.25) is 4.79 Å². The Kier molecular flexibility index (Phi) is 4.79. The maximum atomic E-state index is 10.8. The second kappa shape index (κ2) is 6.12. The van der Waals surface area contributed by atoms with Gasteiger partial charge in [0.25, 0.3) is 0 Å². The normalized spacial score (nSPS) is 17.8. The van der Waals surface area contributed by atoms with E-state index in [-0.39, 0.29) is 11.5 Å². The van der Waals surface area contributed by atoms with Crippen LogP contribution in [0.15, 0.2) is 36.2 Å². The third-order valence-electron chi connectivity index (χ3n) is 2.39. The summed E-state index contributed by atoms with van der Waals surface area (Å²) in [5.41, 5.74) is 6.65. The molecule has 16 heavy (non-hydrogen) atoms. The summed E-state index contributed by atoms with van der Waals surface area (Å²) in [7, 11) is 0. The number of Topliss-reactive ketones (excluding diaryl/α,β-unsaturated/α-hetero) is 1. The van der Waals surface area contributed by atoms with E-state index in [1.165, 1.54) is 6.92 Å². The molecule has 88 valence electrons. The fraction of sp³-hybridized carbons (Fsp3) is 0.417. The van der Waals surface area contributed by atoms with Crippen LogP contribution in [-0.4, -0.2) is 37.0 Å². The van der Waals surface area contributed by atoms with E-state index in [0.29, 0.717) is 0 Å². The molecule has 0 aromatic carbocycles. The van der Waals surface area contributed by atoms with Gasteiger partial charge in [0.05, 0.1) is 18.9 Å². The number of ketones is 1. The summed E-state index contributed by atoms with van der Waals surface area (Å²) in [4.78, 5) is 13.0. The van der Waals surface area contributed by atoms with E-state index in [1.54, 1.807) is 12.2 Å². The summed E-state index contributed by atoms with van der Waals surface area (Å²) in [5, 5.41) is 0. The number of carbonyl (C=O) groups is 1. The van der Waals surface area contributed by atoms with Gasteiger partial charge in [0.1, 0.15) is 0 Å². The number of rotatable bonds is 4. The van der Waals surface area contributed by atoms with Gasteiger partial charge in [-0.1, -0.05) is 12.7 Å². The highest BCUT2D eigenvalue weighted by Crippen LogP contribution is 2.06. The first-order chi connectivity index (χ1) is 7.61. The Labute approximate surface area is 96.1 Å². The van der Waals surface area contributed by atoms with Crippen LogP contribution in [0.3, 0.4) is 0 Å². The van der Waals surface area contributed by atoms with E-state index in [2.05, 4.69) is 11.5 Å². The van der Waals surface area contributed by atoms with Crippen molar-refractivity contribution in [2.24, 2.45) is 5.73 Å². The lowest BCUT2D eigenvalue weighted by atomic mass is 10.2. The Morgan fingerprint density at radius 1 is 1.44 bits per heavy atom. The number of nitrogens with zero attached hydrogens (tertiary/aromatic N) is 1. The van der Waals surface area contributed by atoms with Gasteiger partial charge in [0.2, 0.25) is 0 Å². The molecule has 0 amide bonds. The van der Waals surface area contributed by atoms with E-state index in [1.807, 2.05) is 6.08 Å². The van der Waals surface area contributed by atoms with Crippen molar-refractivity contribution in [2.75, 3.05) is 26.3 Å². The highest BCUT2D eigenvalue weighted by atomic mass is 16.5. The van der Waals surface area contributed by atoms with Gasteiger partial charge in [0.15, 0.2) is 5.78 Å². The van der Waals surface area contributed by atoms with E-state index >= 15 is 0 Å². The van der Waals surface area contributed by atoms with Crippen molar-refractivity contribution in [2.45, 2.75) is 6.92 Å². The molecule has 2 N–H and O–H groups in total. The lowest BCUT2D eigenvalue weighted by Gasteiger charge is -2.28. The Hall–Kier alpha value is -1.55. The predicted molar refractivity (Wildman–Crippen MR) is 63.6 cm³/mol. The highest BCUT2D eigenvalue weighted by Gasteiger charge is 2.09. The van der Waals surface area contributed by atoms with Crippen LogP contribution in [0.25, 0.3) is 0 Å². The number of hydrogen-bond donors (Lipinski definition) is 1. The summed E-state index contributed by atoms with van der Waals surface area (Å²) in [6.45, 7) is 8.57. The van der Waals surface area contributed by atoms with Crippen LogP contribution >= 0.6 is 0 Å². The first kappa shape index (κ1) is 12.5. The van der Waals surface area contributed by atoms with Crippen LogP contribution in [-0.2, 0) is 9.53 Å². The summed E-state index contributed by atoms with van der Waals surface area (Å²) < 4.78 is 5.24. The Morgan fingerprint density at radius 2 is 2.06 bits per heavy atom. The molecule has 0 spiro atoms. The van der Waals surface area contributed by atoms with Gasteiger partial charge in [-0.2, -0.15) is 0 Å². The molecule has 1 aliphatic rings. The maximum Gasteiger partial charge on any atom is 0.175 e. The summed E-state index contributed by atoms with van der Waals surface area (Å²) in [5.74, 6) is -0.123. The standard InChI is InChI=1S/C12H18N2O2/c1-10(14-6-8-16-9-7-14)4-3-5-12(13)11(2)15/h3-5H,1,6-9,13H2,2H3/b4-3-,12-5-. The SMILES string of the molecule is C=C(/C=C\C=C(/N)C(C)=O)N1CCOCC1. The molecule has 0 unspecified atom stereocenters. The number of hydrogen-bond acceptors (Lipinski definition) is 4. The molecule has 0 aliphatic carbocycles. The summed E-state index contributed by atoms with van der Waals surface area (Å²) in [6.07, 6.45) is 5.18. The number of morpholine rings is 1. The number of allylic oxidation sites excluding steroid dienone is 4. The molecular formula is C12H18N2O2. The van der Waals surface area contributed by atoms with Crippen LogP contribution in [0.2, 0.25) is 0 Å². The molecule has 0 aromatic heterocycles. The largest absolute Gasteiger partial charge is 0.396 e. The lowest BCUT2D eigenvalue weighted by Crippen LogP contribution is -2.34. The first-order valence-electron chi connectivity index (χ1n) is 5.27. The monoisotopic (exact) mass is 222 g/mol. The molecule has 1 fully saturated rings. The number of ether oxygens (including phenoxy) is 1. The van der Waals surface area contributed by atoms with Crippen molar-refractivity contribution in [3.05, 3.63) is 36.2 Å². The molecule has 0 radical (unpaired) electrons. The van der Waals surface area contributed by atoms with Crippen LogP contribution in [0.4, 0.5) is 0 Å². The van der Waals surface area contributed by atoms with Crippen LogP contribution in [0.5, 0.6) is 0 Å². The zero-order chi connectivity index (χ0) is 12.0. The van der Waals surface area contributed by atoms with Crippen molar-refractivity contribution in [3.8, 4) is 0 Å². The minimum absolute atomic E-state index is 0.123. The minimum atomic E-state index is -0.123. The molecule has 0 aromatic rings. The molecule has 1 rings (SSSR count).